The Labute approximate surface area is 125 Å². The summed E-state index contributed by atoms with van der Waals surface area (Å²) in [6.07, 6.45) is 1.01. The summed E-state index contributed by atoms with van der Waals surface area (Å²) >= 11 is 5.14. The van der Waals surface area contributed by atoms with Crippen molar-refractivity contribution in [3.8, 4) is 0 Å². The Kier molecular flexibility index (Phi) is 4.35. The quantitative estimate of drug-likeness (QED) is 0.842. The fourth-order valence-corrected chi connectivity index (χ4v) is 2.52. The van der Waals surface area contributed by atoms with Gasteiger partial charge in [-0.1, -0.05) is 31.3 Å². The first kappa shape index (κ1) is 14.5. The highest BCUT2D eigenvalue weighted by Crippen LogP contribution is 2.24. The van der Waals surface area contributed by atoms with Gasteiger partial charge in [-0.05, 0) is 44.0 Å². The third-order valence-electron chi connectivity index (χ3n) is 3.19. The van der Waals surface area contributed by atoms with Gasteiger partial charge >= 0.3 is 0 Å². The van der Waals surface area contributed by atoms with Gasteiger partial charge in [0.05, 0.1) is 11.3 Å². The van der Waals surface area contributed by atoms with Gasteiger partial charge in [0.25, 0.3) is 0 Å². The van der Waals surface area contributed by atoms with Gasteiger partial charge in [-0.3, -0.25) is 4.98 Å². The number of nitrogens with two attached hydrogens (primary N) is 1. The number of rotatable bonds is 4. The van der Waals surface area contributed by atoms with Gasteiger partial charge in [-0.15, -0.1) is 0 Å². The number of aryl methyl sites for hydroxylation is 3. The predicted molar refractivity (Wildman–Crippen MR) is 88.7 cm³/mol. The van der Waals surface area contributed by atoms with E-state index in [1.807, 2.05) is 32.0 Å². The molecule has 1 aromatic heterocycles. The Hall–Kier alpha value is -1.94. The van der Waals surface area contributed by atoms with E-state index >= 15 is 0 Å². The summed E-state index contributed by atoms with van der Waals surface area (Å²) in [6.45, 7) is 6.03. The maximum atomic E-state index is 5.83. The predicted octanol–water partition coefficient (Wildman–Crippen LogP) is 3.64. The molecule has 0 spiro atoms. The SMILES string of the molecule is CCc1cccc(Nc2cc(C)nc(C)c2C(N)=S)c1. The lowest BCUT2D eigenvalue weighted by molar-refractivity contribution is 1.11. The number of pyridine rings is 1. The highest BCUT2D eigenvalue weighted by Gasteiger charge is 2.11. The van der Waals surface area contributed by atoms with Crippen LogP contribution in [0.25, 0.3) is 0 Å². The Morgan fingerprint density at radius 3 is 2.70 bits per heavy atom. The number of hydrogen-bond donors (Lipinski definition) is 2. The molecule has 0 aliphatic carbocycles. The minimum atomic E-state index is 0.365. The molecule has 0 fully saturated rings. The lowest BCUT2D eigenvalue weighted by Gasteiger charge is -2.14. The van der Waals surface area contributed by atoms with Crippen molar-refractivity contribution in [2.75, 3.05) is 5.32 Å². The van der Waals surface area contributed by atoms with E-state index in [1.165, 1.54) is 5.56 Å². The molecule has 0 unspecified atom stereocenters. The van der Waals surface area contributed by atoms with E-state index in [4.69, 9.17) is 18.0 Å². The van der Waals surface area contributed by atoms with Crippen LogP contribution in [0.5, 0.6) is 0 Å². The van der Waals surface area contributed by atoms with Crippen molar-refractivity contribution < 1.29 is 0 Å². The molecule has 0 atom stereocenters. The van der Waals surface area contributed by atoms with Gasteiger partial charge in [0.1, 0.15) is 4.99 Å². The van der Waals surface area contributed by atoms with Gasteiger partial charge in [-0.25, -0.2) is 0 Å². The van der Waals surface area contributed by atoms with Crippen LogP contribution < -0.4 is 11.1 Å². The Morgan fingerprint density at radius 1 is 1.30 bits per heavy atom. The number of nitrogens with zero attached hydrogens (tertiary/aromatic N) is 1. The van der Waals surface area contributed by atoms with E-state index in [2.05, 4.69) is 29.4 Å². The number of hydrogen-bond acceptors (Lipinski definition) is 3. The zero-order valence-electron chi connectivity index (χ0n) is 12.0. The van der Waals surface area contributed by atoms with E-state index in [9.17, 15) is 0 Å². The molecule has 0 aliphatic heterocycles. The van der Waals surface area contributed by atoms with Gasteiger partial charge in [0, 0.05) is 17.1 Å². The number of thiocarbonyl (C=S) groups is 1. The van der Waals surface area contributed by atoms with Gasteiger partial charge < -0.3 is 11.1 Å². The summed E-state index contributed by atoms with van der Waals surface area (Å²) < 4.78 is 0. The van der Waals surface area contributed by atoms with Crippen LogP contribution in [-0.4, -0.2) is 9.97 Å². The van der Waals surface area contributed by atoms with Crippen molar-refractivity contribution in [1.82, 2.24) is 4.98 Å². The highest BCUT2D eigenvalue weighted by molar-refractivity contribution is 7.80. The number of benzene rings is 1. The van der Waals surface area contributed by atoms with Crippen LogP contribution in [0.3, 0.4) is 0 Å². The Bertz CT molecular complexity index is 650. The van der Waals surface area contributed by atoms with Crippen molar-refractivity contribution in [3.05, 3.63) is 52.8 Å². The van der Waals surface area contributed by atoms with Crippen molar-refractivity contribution in [3.63, 3.8) is 0 Å². The third-order valence-corrected chi connectivity index (χ3v) is 3.39. The molecule has 104 valence electrons. The summed E-state index contributed by atoms with van der Waals surface area (Å²) in [5, 5.41) is 3.40. The highest BCUT2D eigenvalue weighted by atomic mass is 32.1. The van der Waals surface area contributed by atoms with E-state index in [1.54, 1.807) is 0 Å². The van der Waals surface area contributed by atoms with Crippen LogP contribution in [0.2, 0.25) is 0 Å². The molecule has 0 saturated heterocycles. The third kappa shape index (κ3) is 3.14. The largest absolute Gasteiger partial charge is 0.389 e. The van der Waals surface area contributed by atoms with Gasteiger partial charge in [-0.2, -0.15) is 0 Å². The second kappa shape index (κ2) is 6.01. The van der Waals surface area contributed by atoms with E-state index in [0.717, 1.165) is 34.7 Å². The first-order valence-electron chi connectivity index (χ1n) is 6.65. The average molecular weight is 285 g/mol. The Balaban J connectivity index is 2.44. The zero-order chi connectivity index (χ0) is 14.7. The molecule has 2 aromatic rings. The summed E-state index contributed by atoms with van der Waals surface area (Å²) in [5.41, 5.74) is 11.7. The molecule has 1 aromatic carbocycles. The van der Waals surface area contributed by atoms with E-state index < -0.39 is 0 Å². The van der Waals surface area contributed by atoms with Crippen molar-refractivity contribution in [1.29, 1.82) is 0 Å². The monoisotopic (exact) mass is 285 g/mol. The second-order valence-electron chi connectivity index (χ2n) is 4.81. The lowest BCUT2D eigenvalue weighted by Crippen LogP contribution is -2.15. The molecular formula is C16H19N3S. The first-order valence-corrected chi connectivity index (χ1v) is 7.06. The van der Waals surface area contributed by atoms with Crippen LogP contribution in [-0.2, 0) is 6.42 Å². The fraction of sp³-hybridized carbons (Fsp3) is 0.250. The number of aromatic nitrogens is 1. The molecule has 0 amide bonds. The van der Waals surface area contributed by atoms with Crippen molar-refractivity contribution >= 4 is 28.6 Å². The molecule has 0 radical (unpaired) electrons. The van der Waals surface area contributed by atoms with Crippen LogP contribution in [0.15, 0.2) is 30.3 Å². The van der Waals surface area contributed by atoms with Crippen LogP contribution in [0.1, 0.15) is 29.4 Å². The second-order valence-corrected chi connectivity index (χ2v) is 5.25. The maximum Gasteiger partial charge on any atom is 0.107 e. The van der Waals surface area contributed by atoms with Crippen molar-refractivity contribution in [2.24, 2.45) is 5.73 Å². The maximum absolute atomic E-state index is 5.83. The van der Waals surface area contributed by atoms with Gasteiger partial charge in [0.15, 0.2) is 0 Å². The standard InChI is InChI=1S/C16H19N3S/c1-4-12-6-5-7-13(9-12)19-14-8-10(2)18-11(3)15(14)16(17)20/h5-9H,4H2,1-3H3,(H2,17,20)(H,18,19). The van der Waals surface area contributed by atoms with Gasteiger partial charge in [0.2, 0.25) is 0 Å². The summed E-state index contributed by atoms with van der Waals surface area (Å²) in [6, 6.07) is 10.3. The van der Waals surface area contributed by atoms with E-state index in [-0.39, 0.29) is 0 Å². The van der Waals surface area contributed by atoms with Crippen molar-refractivity contribution in [2.45, 2.75) is 27.2 Å². The molecule has 0 bridgehead atoms. The fourth-order valence-electron chi connectivity index (χ4n) is 2.26. The summed E-state index contributed by atoms with van der Waals surface area (Å²) in [5.74, 6) is 0. The molecule has 20 heavy (non-hydrogen) atoms. The first-order chi connectivity index (χ1) is 9.51. The minimum Gasteiger partial charge on any atom is -0.389 e. The molecule has 3 N–H and O–H groups in total. The number of anilines is 2. The molecule has 4 heteroatoms. The molecule has 2 rings (SSSR count). The molecule has 0 aliphatic rings. The van der Waals surface area contributed by atoms with Crippen LogP contribution >= 0.6 is 12.2 Å². The summed E-state index contributed by atoms with van der Waals surface area (Å²) in [4.78, 5) is 4.79. The minimum absolute atomic E-state index is 0.365. The van der Waals surface area contributed by atoms with Crippen LogP contribution in [0.4, 0.5) is 11.4 Å². The van der Waals surface area contributed by atoms with Crippen LogP contribution in [0, 0.1) is 13.8 Å². The Morgan fingerprint density at radius 2 is 2.05 bits per heavy atom. The molecule has 0 saturated carbocycles. The smallest absolute Gasteiger partial charge is 0.107 e. The zero-order valence-corrected chi connectivity index (χ0v) is 12.8. The van der Waals surface area contributed by atoms with E-state index in [0.29, 0.717) is 4.99 Å². The molecule has 1 heterocycles. The molecule has 3 nitrogen and oxygen atoms in total. The number of nitrogens with one attached hydrogen (secondary N) is 1. The normalized spacial score (nSPS) is 10.3. The topological polar surface area (TPSA) is 50.9 Å². The summed E-state index contributed by atoms with van der Waals surface area (Å²) in [7, 11) is 0. The lowest BCUT2D eigenvalue weighted by atomic mass is 10.1. The molecular weight excluding hydrogens is 266 g/mol. The average Bonchev–Trinajstić information content (AvgIpc) is 2.37.